The van der Waals surface area contributed by atoms with Gasteiger partial charge in [-0.15, -0.1) is 11.3 Å². The number of amides is 1. The molecule has 5 heteroatoms. The van der Waals surface area contributed by atoms with E-state index < -0.39 is 0 Å². The molecular weight excluding hydrogens is 304 g/mol. The molecular formula is C16H17ClN2OS. The second-order valence-electron chi connectivity index (χ2n) is 5.13. The van der Waals surface area contributed by atoms with E-state index in [1.165, 1.54) is 4.88 Å². The van der Waals surface area contributed by atoms with Gasteiger partial charge in [0.25, 0.3) is 5.91 Å². The maximum absolute atomic E-state index is 12.5. The standard InChI is InChI=1S/C16H17ClN2OS/c17-15-6-2-1-5-14(15)16(20)19-9-7-18(8-10-19)12-13-4-3-11-21-13/h1-6,11H,7-10,12H2. The van der Waals surface area contributed by atoms with Crippen LogP contribution in [-0.4, -0.2) is 41.9 Å². The normalized spacial score (nSPS) is 16.1. The molecule has 3 nitrogen and oxygen atoms in total. The molecule has 0 aliphatic carbocycles. The van der Waals surface area contributed by atoms with Crippen LogP contribution in [0.5, 0.6) is 0 Å². The molecule has 0 unspecified atom stereocenters. The summed E-state index contributed by atoms with van der Waals surface area (Å²) in [5, 5.41) is 2.63. The van der Waals surface area contributed by atoms with Gasteiger partial charge in [-0.3, -0.25) is 9.69 Å². The maximum Gasteiger partial charge on any atom is 0.255 e. The highest BCUT2D eigenvalue weighted by Gasteiger charge is 2.23. The Morgan fingerprint density at radius 3 is 2.52 bits per heavy atom. The quantitative estimate of drug-likeness (QED) is 0.865. The summed E-state index contributed by atoms with van der Waals surface area (Å²) < 4.78 is 0. The van der Waals surface area contributed by atoms with Crippen LogP contribution in [0.25, 0.3) is 0 Å². The van der Waals surface area contributed by atoms with Gasteiger partial charge in [-0.2, -0.15) is 0 Å². The summed E-state index contributed by atoms with van der Waals surface area (Å²) in [4.78, 5) is 18.1. The number of halogens is 1. The number of carbonyl (C=O) groups is 1. The first-order valence-corrected chi connectivity index (χ1v) is 8.28. The lowest BCUT2D eigenvalue weighted by Gasteiger charge is -2.34. The van der Waals surface area contributed by atoms with Crippen molar-refractivity contribution in [2.45, 2.75) is 6.54 Å². The Balaban J connectivity index is 1.58. The van der Waals surface area contributed by atoms with Crippen molar-refractivity contribution in [2.75, 3.05) is 26.2 Å². The molecule has 1 aliphatic heterocycles. The highest BCUT2D eigenvalue weighted by molar-refractivity contribution is 7.09. The Labute approximate surface area is 133 Å². The van der Waals surface area contributed by atoms with E-state index in [2.05, 4.69) is 22.4 Å². The van der Waals surface area contributed by atoms with Gasteiger partial charge in [0.05, 0.1) is 10.6 Å². The van der Waals surface area contributed by atoms with Crippen LogP contribution in [-0.2, 0) is 6.54 Å². The number of rotatable bonds is 3. The fourth-order valence-corrected chi connectivity index (χ4v) is 3.50. The molecule has 0 N–H and O–H groups in total. The molecule has 2 heterocycles. The molecule has 1 aromatic heterocycles. The van der Waals surface area contributed by atoms with Crippen LogP contribution in [0.3, 0.4) is 0 Å². The summed E-state index contributed by atoms with van der Waals surface area (Å²) in [7, 11) is 0. The van der Waals surface area contributed by atoms with Gasteiger partial charge >= 0.3 is 0 Å². The third kappa shape index (κ3) is 3.46. The van der Waals surface area contributed by atoms with Crippen LogP contribution in [0.15, 0.2) is 41.8 Å². The Bertz CT molecular complexity index is 606. The first-order valence-electron chi connectivity index (χ1n) is 7.02. The molecule has 0 atom stereocenters. The van der Waals surface area contributed by atoms with E-state index in [9.17, 15) is 4.79 Å². The average Bonchev–Trinajstić information content (AvgIpc) is 3.01. The fraction of sp³-hybridized carbons (Fsp3) is 0.312. The Kier molecular flexibility index (Phi) is 4.58. The molecule has 0 saturated carbocycles. The summed E-state index contributed by atoms with van der Waals surface area (Å²) in [5.74, 6) is 0.0383. The van der Waals surface area contributed by atoms with Gasteiger partial charge in [0.15, 0.2) is 0 Å². The third-order valence-electron chi connectivity index (χ3n) is 3.72. The van der Waals surface area contributed by atoms with Crippen LogP contribution in [0.1, 0.15) is 15.2 Å². The summed E-state index contributed by atoms with van der Waals surface area (Å²) in [6.45, 7) is 4.32. The summed E-state index contributed by atoms with van der Waals surface area (Å²) in [6.07, 6.45) is 0. The minimum atomic E-state index is 0.0383. The molecule has 1 aliphatic rings. The smallest absolute Gasteiger partial charge is 0.255 e. The number of piperazine rings is 1. The number of hydrogen-bond donors (Lipinski definition) is 0. The summed E-state index contributed by atoms with van der Waals surface area (Å²) in [5.41, 5.74) is 0.603. The van der Waals surface area contributed by atoms with Crippen molar-refractivity contribution in [1.82, 2.24) is 9.80 Å². The molecule has 2 aromatic rings. The number of carbonyl (C=O) groups excluding carboxylic acids is 1. The molecule has 0 radical (unpaired) electrons. The first-order chi connectivity index (χ1) is 10.2. The summed E-state index contributed by atoms with van der Waals surface area (Å²) in [6, 6.07) is 11.5. The van der Waals surface area contributed by atoms with E-state index >= 15 is 0 Å². The topological polar surface area (TPSA) is 23.6 Å². The second kappa shape index (κ2) is 6.60. The van der Waals surface area contributed by atoms with Crippen LogP contribution in [0.2, 0.25) is 5.02 Å². The van der Waals surface area contributed by atoms with Gasteiger partial charge in [-0.05, 0) is 23.6 Å². The highest BCUT2D eigenvalue weighted by Crippen LogP contribution is 2.19. The van der Waals surface area contributed by atoms with Gasteiger partial charge in [-0.1, -0.05) is 29.8 Å². The van der Waals surface area contributed by atoms with Crippen molar-refractivity contribution in [2.24, 2.45) is 0 Å². The Morgan fingerprint density at radius 2 is 1.86 bits per heavy atom. The molecule has 0 spiro atoms. The number of hydrogen-bond acceptors (Lipinski definition) is 3. The number of benzene rings is 1. The monoisotopic (exact) mass is 320 g/mol. The predicted molar refractivity (Wildman–Crippen MR) is 87.0 cm³/mol. The zero-order valence-corrected chi connectivity index (χ0v) is 13.2. The lowest BCUT2D eigenvalue weighted by molar-refractivity contribution is 0.0630. The van der Waals surface area contributed by atoms with Crippen molar-refractivity contribution < 1.29 is 4.79 Å². The van der Waals surface area contributed by atoms with Gasteiger partial charge in [0, 0.05) is 37.6 Å². The van der Waals surface area contributed by atoms with Crippen molar-refractivity contribution in [3.8, 4) is 0 Å². The van der Waals surface area contributed by atoms with Gasteiger partial charge < -0.3 is 4.90 Å². The minimum absolute atomic E-state index is 0.0383. The van der Waals surface area contributed by atoms with Crippen molar-refractivity contribution >= 4 is 28.8 Å². The average molecular weight is 321 g/mol. The van der Waals surface area contributed by atoms with Crippen LogP contribution in [0, 0.1) is 0 Å². The molecule has 0 bridgehead atoms. The summed E-state index contributed by atoms with van der Waals surface area (Å²) >= 11 is 7.89. The fourth-order valence-electron chi connectivity index (χ4n) is 2.54. The zero-order chi connectivity index (χ0) is 14.7. The van der Waals surface area contributed by atoms with E-state index in [0.29, 0.717) is 10.6 Å². The first kappa shape index (κ1) is 14.6. The lowest BCUT2D eigenvalue weighted by atomic mass is 10.2. The Morgan fingerprint density at radius 1 is 1.10 bits per heavy atom. The second-order valence-corrected chi connectivity index (χ2v) is 6.57. The van der Waals surface area contributed by atoms with Crippen molar-refractivity contribution in [3.05, 3.63) is 57.2 Å². The predicted octanol–water partition coefficient (Wildman–Crippen LogP) is 3.36. The highest BCUT2D eigenvalue weighted by atomic mass is 35.5. The van der Waals surface area contributed by atoms with Crippen LogP contribution in [0.4, 0.5) is 0 Å². The molecule has 21 heavy (non-hydrogen) atoms. The third-order valence-corrected chi connectivity index (χ3v) is 4.91. The minimum Gasteiger partial charge on any atom is -0.336 e. The van der Waals surface area contributed by atoms with E-state index in [1.807, 2.05) is 17.0 Å². The van der Waals surface area contributed by atoms with Crippen molar-refractivity contribution in [3.63, 3.8) is 0 Å². The van der Waals surface area contributed by atoms with Gasteiger partial charge in [-0.25, -0.2) is 0 Å². The van der Waals surface area contributed by atoms with E-state index in [4.69, 9.17) is 11.6 Å². The van der Waals surface area contributed by atoms with E-state index in [-0.39, 0.29) is 5.91 Å². The zero-order valence-electron chi connectivity index (χ0n) is 11.7. The van der Waals surface area contributed by atoms with E-state index in [0.717, 1.165) is 32.7 Å². The molecule has 1 amide bonds. The molecule has 1 fully saturated rings. The molecule has 1 saturated heterocycles. The van der Waals surface area contributed by atoms with Crippen LogP contribution >= 0.6 is 22.9 Å². The SMILES string of the molecule is O=C(c1ccccc1Cl)N1CCN(Cc2cccs2)CC1. The van der Waals surface area contributed by atoms with E-state index in [1.54, 1.807) is 23.5 Å². The van der Waals surface area contributed by atoms with Gasteiger partial charge in [0.1, 0.15) is 0 Å². The lowest BCUT2D eigenvalue weighted by Crippen LogP contribution is -2.48. The van der Waals surface area contributed by atoms with Crippen LogP contribution < -0.4 is 0 Å². The Hall–Kier alpha value is -1.36. The number of thiophene rings is 1. The molecule has 110 valence electrons. The number of nitrogens with zero attached hydrogens (tertiary/aromatic N) is 2. The largest absolute Gasteiger partial charge is 0.336 e. The molecule has 1 aromatic carbocycles. The molecule has 3 rings (SSSR count). The van der Waals surface area contributed by atoms with Gasteiger partial charge in [0.2, 0.25) is 0 Å². The maximum atomic E-state index is 12.5. The van der Waals surface area contributed by atoms with Crippen molar-refractivity contribution in [1.29, 1.82) is 0 Å².